The quantitative estimate of drug-likeness (QED) is 0.947. The lowest BCUT2D eigenvalue weighted by Gasteiger charge is -2.16. The van der Waals surface area contributed by atoms with Gasteiger partial charge in [0.05, 0.1) is 17.6 Å². The van der Waals surface area contributed by atoms with Crippen LogP contribution in [0.5, 0.6) is 0 Å². The predicted octanol–water partition coefficient (Wildman–Crippen LogP) is 3.02. The molecule has 0 saturated heterocycles. The topological polar surface area (TPSA) is 59.8 Å². The Kier molecular flexibility index (Phi) is 4.20. The average Bonchev–Trinajstić information content (AvgIpc) is 2.85. The van der Waals surface area contributed by atoms with Crippen molar-refractivity contribution in [2.45, 2.75) is 26.9 Å². The molecule has 1 N–H and O–H groups in total. The van der Waals surface area contributed by atoms with Gasteiger partial charge in [-0.25, -0.2) is 0 Å². The molecule has 0 spiro atoms. The molecule has 0 aliphatic rings. The Morgan fingerprint density at radius 2 is 2.00 bits per heavy atom. The van der Waals surface area contributed by atoms with E-state index >= 15 is 0 Å². The van der Waals surface area contributed by atoms with Gasteiger partial charge in [0.1, 0.15) is 5.92 Å². The first-order valence-corrected chi connectivity index (χ1v) is 6.56. The SMILES string of the molecule is Cc1cnn(-c2cc(NC(=O)[C@@H](C)C(F)(F)F)ccc2C)n1. The fourth-order valence-electron chi connectivity index (χ4n) is 1.76. The Bertz CT molecular complexity index is 694. The van der Waals surface area contributed by atoms with Gasteiger partial charge >= 0.3 is 6.18 Å². The Hall–Kier alpha value is -2.38. The fraction of sp³-hybridized carbons (Fsp3) is 0.357. The molecule has 0 bridgehead atoms. The van der Waals surface area contributed by atoms with E-state index in [1.54, 1.807) is 19.2 Å². The lowest BCUT2D eigenvalue weighted by molar-refractivity contribution is -0.175. The standard InChI is InChI=1S/C14H15F3N4O/c1-8-4-5-11(19-13(22)10(3)14(15,16)17)6-12(8)21-18-7-9(2)20-21/h4-7,10H,1-3H3,(H,19,22)/t10-/m1/s1. The van der Waals surface area contributed by atoms with Crippen molar-refractivity contribution in [2.75, 3.05) is 5.32 Å². The van der Waals surface area contributed by atoms with E-state index in [1.807, 2.05) is 6.92 Å². The van der Waals surface area contributed by atoms with Gasteiger partial charge in [-0.3, -0.25) is 4.79 Å². The molecule has 1 aromatic heterocycles. The summed E-state index contributed by atoms with van der Waals surface area (Å²) in [5.41, 5.74) is 2.39. The number of amides is 1. The van der Waals surface area contributed by atoms with Gasteiger partial charge in [0.2, 0.25) is 5.91 Å². The van der Waals surface area contributed by atoms with E-state index in [0.717, 1.165) is 12.5 Å². The minimum Gasteiger partial charge on any atom is -0.325 e. The van der Waals surface area contributed by atoms with Crippen LogP contribution in [-0.2, 0) is 4.79 Å². The van der Waals surface area contributed by atoms with Gasteiger partial charge in [-0.05, 0) is 38.5 Å². The van der Waals surface area contributed by atoms with E-state index < -0.39 is 18.0 Å². The molecule has 22 heavy (non-hydrogen) atoms. The molecule has 0 radical (unpaired) electrons. The minimum absolute atomic E-state index is 0.261. The van der Waals surface area contributed by atoms with Crippen LogP contribution in [0, 0.1) is 19.8 Å². The Morgan fingerprint density at radius 1 is 1.32 bits per heavy atom. The van der Waals surface area contributed by atoms with E-state index in [9.17, 15) is 18.0 Å². The van der Waals surface area contributed by atoms with Crippen molar-refractivity contribution >= 4 is 11.6 Å². The molecule has 0 aliphatic heterocycles. The number of halogens is 3. The van der Waals surface area contributed by atoms with Gasteiger partial charge in [0, 0.05) is 5.69 Å². The maximum absolute atomic E-state index is 12.5. The lowest BCUT2D eigenvalue weighted by Crippen LogP contribution is -2.32. The number of anilines is 1. The number of rotatable bonds is 3. The van der Waals surface area contributed by atoms with Crippen LogP contribution in [0.3, 0.4) is 0 Å². The van der Waals surface area contributed by atoms with Crippen LogP contribution in [-0.4, -0.2) is 27.1 Å². The number of aromatic nitrogens is 3. The maximum Gasteiger partial charge on any atom is 0.400 e. The van der Waals surface area contributed by atoms with Crippen molar-refractivity contribution in [3.8, 4) is 5.69 Å². The van der Waals surface area contributed by atoms with Gasteiger partial charge in [-0.2, -0.15) is 28.2 Å². The molecule has 2 rings (SSSR count). The minimum atomic E-state index is -4.57. The second-order valence-electron chi connectivity index (χ2n) is 5.03. The maximum atomic E-state index is 12.5. The van der Waals surface area contributed by atoms with Crippen LogP contribution in [0.4, 0.5) is 18.9 Å². The van der Waals surface area contributed by atoms with Crippen LogP contribution >= 0.6 is 0 Å². The third-order valence-corrected chi connectivity index (χ3v) is 3.18. The van der Waals surface area contributed by atoms with Crippen molar-refractivity contribution in [1.29, 1.82) is 0 Å². The molecule has 0 saturated carbocycles. The number of nitrogens with one attached hydrogen (secondary N) is 1. The summed E-state index contributed by atoms with van der Waals surface area (Å²) in [5.74, 6) is -3.19. The van der Waals surface area contributed by atoms with Gasteiger partial charge in [0.25, 0.3) is 0 Å². The molecule has 5 nitrogen and oxygen atoms in total. The predicted molar refractivity (Wildman–Crippen MR) is 74.7 cm³/mol. The highest BCUT2D eigenvalue weighted by Gasteiger charge is 2.41. The molecule has 1 amide bonds. The molecule has 1 atom stereocenters. The number of benzene rings is 1. The summed E-state index contributed by atoms with van der Waals surface area (Å²) in [7, 11) is 0. The zero-order valence-electron chi connectivity index (χ0n) is 12.3. The summed E-state index contributed by atoms with van der Waals surface area (Å²) in [6.45, 7) is 4.41. The van der Waals surface area contributed by atoms with E-state index in [4.69, 9.17) is 0 Å². The number of hydrogen-bond donors (Lipinski definition) is 1. The molecular formula is C14H15F3N4O. The average molecular weight is 312 g/mol. The molecule has 0 fully saturated rings. The monoisotopic (exact) mass is 312 g/mol. The molecule has 2 aromatic rings. The van der Waals surface area contributed by atoms with Crippen LogP contribution < -0.4 is 5.32 Å². The van der Waals surface area contributed by atoms with E-state index in [1.165, 1.54) is 16.9 Å². The highest BCUT2D eigenvalue weighted by Crippen LogP contribution is 2.27. The number of hydrogen-bond acceptors (Lipinski definition) is 3. The lowest BCUT2D eigenvalue weighted by atomic mass is 10.1. The zero-order valence-corrected chi connectivity index (χ0v) is 12.3. The van der Waals surface area contributed by atoms with Crippen molar-refractivity contribution < 1.29 is 18.0 Å². The van der Waals surface area contributed by atoms with Crippen LogP contribution in [0.25, 0.3) is 5.69 Å². The highest BCUT2D eigenvalue weighted by molar-refractivity contribution is 5.93. The summed E-state index contributed by atoms with van der Waals surface area (Å²) in [6.07, 6.45) is -3.01. The first kappa shape index (κ1) is 16.0. The number of aryl methyl sites for hydroxylation is 2. The normalized spacial score (nSPS) is 13.0. The third kappa shape index (κ3) is 3.44. The summed E-state index contributed by atoms with van der Waals surface area (Å²) in [4.78, 5) is 13.0. The Labute approximate surface area is 125 Å². The zero-order chi connectivity index (χ0) is 16.5. The second-order valence-corrected chi connectivity index (χ2v) is 5.03. The van der Waals surface area contributed by atoms with Crippen molar-refractivity contribution in [1.82, 2.24) is 15.0 Å². The van der Waals surface area contributed by atoms with Gasteiger partial charge in [-0.15, -0.1) is 0 Å². The molecule has 1 heterocycles. The van der Waals surface area contributed by atoms with Crippen LogP contribution in [0.15, 0.2) is 24.4 Å². The smallest absolute Gasteiger partial charge is 0.325 e. The summed E-state index contributed by atoms with van der Waals surface area (Å²) < 4.78 is 37.6. The third-order valence-electron chi connectivity index (χ3n) is 3.18. The number of carbonyl (C=O) groups is 1. The van der Waals surface area contributed by atoms with Crippen LogP contribution in [0.1, 0.15) is 18.2 Å². The summed E-state index contributed by atoms with van der Waals surface area (Å²) in [6, 6.07) is 4.76. The van der Waals surface area contributed by atoms with E-state index in [-0.39, 0.29) is 5.69 Å². The van der Waals surface area contributed by atoms with Crippen molar-refractivity contribution in [3.63, 3.8) is 0 Å². The molecule has 0 aliphatic carbocycles. The summed E-state index contributed by atoms with van der Waals surface area (Å²) in [5, 5.41) is 10.5. The largest absolute Gasteiger partial charge is 0.400 e. The molecule has 1 aromatic carbocycles. The van der Waals surface area contributed by atoms with Crippen molar-refractivity contribution in [2.24, 2.45) is 5.92 Å². The van der Waals surface area contributed by atoms with Crippen molar-refractivity contribution in [3.05, 3.63) is 35.7 Å². The van der Waals surface area contributed by atoms with Gasteiger partial charge in [0.15, 0.2) is 0 Å². The Balaban J connectivity index is 2.25. The summed E-state index contributed by atoms with van der Waals surface area (Å²) >= 11 is 0. The molecule has 118 valence electrons. The van der Waals surface area contributed by atoms with Gasteiger partial charge in [-0.1, -0.05) is 6.07 Å². The number of alkyl halides is 3. The van der Waals surface area contributed by atoms with Crippen LogP contribution in [0.2, 0.25) is 0 Å². The fourth-order valence-corrected chi connectivity index (χ4v) is 1.76. The number of nitrogens with zero attached hydrogens (tertiary/aromatic N) is 3. The molecular weight excluding hydrogens is 297 g/mol. The first-order valence-electron chi connectivity index (χ1n) is 6.56. The number of carbonyl (C=O) groups excluding carboxylic acids is 1. The first-order chi connectivity index (χ1) is 10.2. The van der Waals surface area contributed by atoms with E-state index in [0.29, 0.717) is 11.4 Å². The Morgan fingerprint density at radius 3 is 2.55 bits per heavy atom. The van der Waals surface area contributed by atoms with Gasteiger partial charge < -0.3 is 5.32 Å². The molecule has 8 heteroatoms. The highest BCUT2D eigenvalue weighted by atomic mass is 19.4. The second kappa shape index (κ2) is 5.78. The molecule has 0 unspecified atom stereocenters. The van der Waals surface area contributed by atoms with E-state index in [2.05, 4.69) is 15.5 Å².